The summed E-state index contributed by atoms with van der Waals surface area (Å²) < 4.78 is 35.8. The van der Waals surface area contributed by atoms with Crippen LogP contribution in [0.5, 0.6) is 5.75 Å². The van der Waals surface area contributed by atoms with Crippen LogP contribution in [-0.4, -0.2) is 22.1 Å². The molecule has 36 heavy (non-hydrogen) atoms. The average Bonchev–Trinajstić information content (AvgIpc) is 2.86. The summed E-state index contributed by atoms with van der Waals surface area (Å²) in [5.41, 5.74) is 4.35. The first-order valence-electron chi connectivity index (χ1n) is 13.3. The van der Waals surface area contributed by atoms with E-state index in [9.17, 15) is 8.42 Å². The number of sulfonamides is 1. The highest BCUT2D eigenvalue weighted by Gasteiger charge is 2.51. The van der Waals surface area contributed by atoms with Crippen LogP contribution >= 0.6 is 0 Å². The fraction of sp³-hybridized carbons (Fsp3) is 0.484. The molecule has 5 rings (SSSR count). The molecular formula is C31H39NO3S. The molecular weight excluding hydrogens is 466 g/mol. The van der Waals surface area contributed by atoms with Gasteiger partial charge in [-0.2, -0.15) is 0 Å². The molecule has 3 aromatic rings. The van der Waals surface area contributed by atoms with E-state index >= 15 is 0 Å². The normalized spacial score (nSPS) is 26.0. The molecule has 0 bridgehead atoms. The van der Waals surface area contributed by atoms with Gasteiger partial charge in [0.2, 0.25) is 10.0 Å². The monoisotopic (exact) mass is 505 g/mol. The molecule has 1 N–H and O–H groups in total. The third-order valence-corrected chi connectivity index (χ3v) is 10.7. The Balaban J connectivity index is 1.46. The van der Waals surface area contributed by atoms with Crippen LogP contribution in [0, 0.1) is 11.3 Å². The van der Waals surface area contributed by atoms with Gasteiger partial charge in [-0.05, 0) is 77.2 Å². The molecule has 4 nitrogen and oxygen atoms in total. The molecule has 1 fully saturated rings. The maximum atomic E-state index is 13.6. The van der Waals surface area contributed by atoms with Gasteiger partial charge in [-0.1, -0.05) is 76.6 Å². The Morgan fingerprint density at radius 2 is 1.78 bits per heavy atom. The number of aryl methyl sites for hydroxylation is 1. The van der Waals surface area contributed by atoms with E-state index in [-0.39, 0.29) is 10.8 Å². The summed E-state index contributed by atoms with van der Waals surface area (Å²) in [7, 11) is -2.08. The fourth-order valence-electron chi connectivity index (χ4n) is 7.17. The van der Waals surface area contributed by atoms with Gasteiger partial charge in [0.15, 0.2) is 0 Å². The number of ether oxygens (including phenoxy) is 1. The van der Waals surface area contributed by atoms with Crippen LogP contribution in [0.4, 0.5) is 0 Å². The number of hydrogen-bond donors (Lipinski definition) is 1. The fourth-order valence-corrected chi connectivity index (χ4v) is 8.56. The molecule has 0 heterocycles. The summed E-state index contributed by atoms with van der Waals surface area (Å²) in [6, 6.07) is 18.1. The standard InChI is InChI=1S/C31H39NO3S/c1-21(2)23-12-11-22-13-16-29-30(3,17-8-18-31(29,4)26(22)19-23)20-32-36(33,34)28-15-14-27(35-5)24-9-6-7-10-25(24)28/h6-7,9-12,14-15,19,21,29,32H,8,13,16-18,20H2,1-5H3/t29-,30+,31-/m0/s1. The van der Waals surface area contributed by atoms with E-state index in [0.29, 0.717) is 34.4 Å². The van der Waals surface area contributed by atoms with Gasteiger partial charge in [-0.25, -0.2) is 13.1 Å². The zero-order valence-electron chi connectivity index (χ0n) is 22.2. The number of benzene rings is 3. The molecule has 0 amide bonds. The molecule has 192 valence electrons. The molecule has 0 aromatic heterocycles. The Morgan fingerprint density at radius 1 is 1.03 bits per heavy atom. The third-order valence-electron chi connectivity index (χ3n) is 9.19. The van der Waals surface area contributed by atoms with Gasteiger partial charge in [-0.15, -0.1) is 0 Å². The van der Waals surface area contributed by atoms with Crippen molar-refractivity contribution in [3.63, 3.8) is 0 Å². The summed E-state index contributed by atoms with van der Waals surface area (Å²) >= 11 is 0. The molecule has 3 atom stereocenters. The lowest BCUT2D eigenvalue weighted by molar-refractivity contribution is 0.0298. The van der Waals surface area contributed by atoms with Crippen molar-refractivity contribution < 1.29 is 13.2 Å². The van der Waals surface area contributed by atoms with Crippen LogP contribution in [0.2, 0.25) is 0 Å². The number of nitrogens with one attached hydrogen (secondary N) is 1. The minimum atomic E-state index is -3.69. The lowest BCUT2D eigenvalue weighted by atomic mass is 9.49. The minimum Gasteiger partial charge on any atom is -0.496 e. The molecule has 0 radical (unpaired) electrons. The van der Waals surface area contributed by atoms with Crippen LogP contribution in [0.25, 0.3) is 10.8 Å². The highest BCUT2D eigenvalue weighted by Crippen LogP contribution is 2.57. The number of hydrogen-bond acceptors (Lipinski definition) is 3. The second kappa shape index (κ2) is 9.18. The average molecular weight is 506 g/mol. The highest BCUT2D eigenvalue weighted by molar-refractivity contribution is 7.89. The summed E-state index contributed by atoms with van der Waals surface area (Å²) in [5, 5.41) is 1.50. The van der Waals surface area contributed by atoms with E-state index < -0.39 is 10.0 Å². The first-order valence-corrected chi connectivity index (χ1v) is 14.8. The molecule has 0 aliphatic heterocycles. The van der Waals surface area contributed by atoms with Crippen LogP contribution < -0.4 is 9.46 Å². The molecule has 0 spiro atoms. The Hall–Kier alpha value is -2.37. The quantitative estimate of drug-likeness (QED) is 0.394. The minimum absolute atomic E-state index is 0.0732. The van der Waals surface area contributed by atoms with Crippen molar-refractivity contribution in [2.75, 3.05) is 13.7 Å². The molecule has 0 saturated heterocycles. The summed E-state index contributed by atoms with van der Waals surface area (Å²) in [4.78, 5) is 0.316. The second-order valence-corrected chi connectivity index (χ2v) is 13.5. The van der Waals surface area contributed by atoms with Gasteiger partial charge in [0, 0.05) is 17.3 Å². The maximum Gasteiger partial charge on any atom is 0.241 e. The topological polar surface area (TPSA) is 55.4 Å². The number of rotatable bonds is 6. The summed E-state index contributed by atoms with van der Waals surface area (Å²) in [6.07, 6.45) is 5.49. The van der Waals surface area contributed by atoms with Gasteiger partial charge >= 0.3 is 0 Å². The van der Waals surface area contributed by atoms with Crippen LogP contribution in [-0.2, 0) is 21.9 Å². The smallest absolute Gasteiger partial charge is 0.241 e. The van der Waals surface area contributed by atoms with Crippen molar-refractivity contribution in [2.24, 2.45) is 11.3 Å². The predicted octanol–water partition coefficient (Wildman–Crippen LogP) is 6.96. The van der Waals surface area contributed by atoms with Crippen molar-refractivity contribution >= 4 is 20.8 Å². The van der Waals surface area contributed by atoms with E-state index in [0.717, 1.165) is 37.5 Å². The van der Waals surface area contributed by atoms with Crippen molar-refractivity contribution in [3.8, 4) is 5.75 Å². The lowest BCUT2D eigenvalue weighted by Gasteiger charge is -2.55. The predicted molar refractivity (Wildman–Crippen MR) is 147 cm³/mol. The molecule has 2 aliphatic carbocycles. The van der Waals surface area contributed by atoms with Crippen molar-refractivity contribution in [2.45, 2.75) is 76.0 Å². The van der Waals surface area contributed by atoms with Crippen LogP contribution in [0.3, 0.4) is 0 Å². The number of fused-ring (bicyclic) bond motifs is 4. The first kappa shape index (κ1) is 25.3. The first-order chi connectivity index (χ1) is 17.1. The van der Waals surface area contributed by atoms with Gasteiger partial charge in [0.05, 0.1) is 12.0 Å². The van der Waals surface area contributed by atoms with E-state index in [1.807, 2.05) is 24.3 Å². The van der Waals surface area contributed by atoms with Crippen molar-refractivity contribution in [1.82, 2.24) is 4.72 Å². The van der Waals surface area contributed by atoms with Crippen molar-refractivity contribution in [3.05, 3.63) is 71.3 Å². The SMILES string of the molecule is COc1ccc(S(=O)(=O)NC[C@@]2(C)CCC[C@@]3(C)c4cc(C(C)C)ccc4CC[C@@H]23)c2ccccc12. The van der Waals surface area contributed by atoms with E-state index in [2.05, 4.69) is 50.6 Å². The van der Waals surface area contributed by atoms with Gasteiger partial charge in [0.25, 0.3) is 0 Å². The second-order valence-electron chi connectivity index (χ2n) is 11.7. The highest BCUT2D eigenvalue weighted by atomic mass is 32.2. The zero-order chi connectivity index (χ0) is 25.7. The molecule has 2 aliphatic rings. The van der Waals surface area contributed by atoms with Crippen LogP contribution in [0.15, 0.2) is 59.5 Å². The Bertz CT molecular complexity index is 1400. The van der Waals surface area contributed by atoms with Crippen molar-refractivity contribution in [1.29, 1.82) is 0 Å². The molecule has 5 heteroatoms. The molecule has 1 saturated carbocycles. The Kier molecular flexibility index (Phi) is 6.45. The number of methoxy groups -OCH3 is 1. The largest absolute Gasteiger partial charge is 0.496 e. The summed E-state index contributed by atoms with van der Waals surface area (Å²) in [6.45, 7) is 9.71. The zero-order valence-corrected chi connectivity index (χ0v) is 23.0. The van der Waals surface area contributed by atoms with Gasteiger partial charge in [0.1, 0.15) is 5.75 Å². The van der Waals surface area contributed by atoms with Gasteiger partial charge in [-0.3, -0.25) is 0 Å². The van der Waals surface area contributed by atoms with Crippen LogP contribution in [0.1, 0.15) is 76.0 Å². The molecule has 3 aromatic carbocycles. The Labute approximate surface area is 216 Å². The lowest BCUT2D eigenvalue weighted by Crippen LogP contribution is -2.53. The van der Waals surface area contributed by atoms with E-state index in [4.69, 9.17) is 4.74 Å². The maximum absolute atomic E-state index is 13.6. The van der Waals surface area contributed by atoms with Gasteiger partial charge < -0.3 is 4.74 Å². The summed E-state index contributed by atoms with van der Waals surface area (Å²) in [5.74, 6) is 1.62. The molecule has 0 unspecified atom stereocenters. The third kappa shape index (κ3) is 4.14. The van der Waals surface area contributed by atoms with E-state index in [1.165, 1.54) is 16.7 Å². The van der Waals surface area contributed by atoms with E-state index in [1.54, 1.807) is 19.2 Å². The Morgan fingerprint density at radius 3 is 2.50 bits per heavy atom.